The first-order valence-electron chi connectivity index (χ1n) is 7.03. The number of terminal acetylenes is 1. The molecular weight excluding hydrogens is 407 g/mol. The number of methoxy groups -OCH3 is 1. The lowest BCUT2D eigenvalue weighted by Crippen LogP contribution is -2.44. The van der Waals surface area contributed by atoms with Crippen molar-refractivity contribution in [3.05, 3.63) is 24.3 Å². The number of benzene rings is 1. The summed E-state index contributed by atoms with van der Waals surface area (Å²) in [4.78, 5) is 18.1. The van der Waals surface area contributed by atoms with E-state index >= 15 is 0 Å². The Morgan fingerprint density at radius 2 is 2.35 bits per heavy atom. The summed E-state index contributed by atoms with van der Waals surface area (Å²) in [5, 5.41) is 6.20. The highest BCUT2D eigenvalue weighted by Crippen LogP contribution is 2.25. The van der Waals surface area contributed by atoms with Crippen molar-refractivity contribution in [2.75, 3.05) is 32.1 Å². The van der Waals surface area contributed by atoms with E-state index in [1.54, 1.807) is 19.1 Å². The molecule has 1 saturated heterocycles. The fourth-order valence-corrected chi connectivity index (χ4v) is 2.35. The number of rotatable bonds is 4. The molecule has 1 heterocycles. The zero-order chi connectivity index (χ0) is 15.9. The lowest BCUT2D eigenvalue weighted by Gasteiger charge is -2.19. The SMILES string of the molecule is C#CCNC(=NC)NC1CC(=O)N(c2cccc(OC)c2)C1.I. The van der Waals surface area contributed by atoms with Crippen molar-refractivity contribution in [2.45, 2.75) is 12.5 Å². The number of hydrogen-bond donors (Lipinski definition) is 2. The largest absolute Gasteiger partial charge is 0.497 e. The smallest absolute Gasteiger partial charge is 0.229 e. The minimum atomic E-state index is -0.0114. The van der Waals surface area contributed by atoms with Crippen molar-refractivity contribution in [3.8, 4) is 18.1 Å². The van der Waals surface area contributed by atoms with Crippen LogP contribution >= 0.6 is 24.0 Å². The van der Waals surface area contributed by atoms with Crippen LogP contribution < -0.4 is 20.3 Å². The molecule has 0 spiro atoms. The molecule has 0 radical (unpaired) electrons. The van der Waals surface area contributed by atoms with Crippen LogP contribution in [0, 0.1) is 12.3 Å². The van der Waals surface area contributed by atoms with Gasteiger partial charge in [0.25, 0.3) is 0 Å². The first-order valence-corrected chi connectivity index (χ1v) is 7.03. The lowest BCUT2D eigenvalue weighted by atomic mass is 10.2. The van der Waals surface area contributed by atoms with Crippen molar-refractivity contribution in [1.82, 2.24) is 10.6 Å². The third kappa shape index (κ3) is 5.03. The van der Waals surface area contributed by atoms with Gasteiger partial charge < -0.3 is 20.3 Å². The number of halogens is 1. The van der Waals surface area contributed by atoms with Gasteiger partial charge in [0, 0.05) is 31.8 Å². The number of nitrogens with zero attached hydrogens (tertiary/aromatic N) is 2. The van der Waals surface area contributed by atoms with Gasteiger partial charge in [-0.15, -0.1) is 30.4 Å². The second-order valence-corrected chi connectivity index (χ2v) is 4.88. The van der Waals surface area contributed by atoms with E-state index in [-0.39, 0.29) is 35.9 Å². The van der Waals surface area contributed by atoms with Gasteiger partial charge in [0.15, 0.2) is 5.96 Å². The van der Waals surface area contributed by atoms with Crippen molar-refractivity contribution in [2.24, 2.45) is 4.99 Å². The van der Waals surface area contributed by atoms with E-state index in [1.165, 1.54) is 0 Å². The second-order valence-electron chi connectivity index (χ2n) is 4.88. The second kappa shape index (κ2) is 9.25. The molecule has 1 unspecified atom stereocenters. The van der Waals surface area contributed by atoms with Crippen LogP contribution in [0.4, 0.5) is 5.69 Å². The number of aliphatic imine (C=N–C) groups is 1. The van der Waals surface area contributed by atoms with Crippen molar-refractivity contribution >= 4 is 41.5 Å². The number of nitrogens with one attached hydrogen (secondary N) is 2. The summed E-state index contributed by atoms with van der Waals surface area (Å²) in [5.74, 6) is 3.89. The number of ether oxygens (including phenoxy) is 1. The van der Waals surface area contributed by atoms with Gasteiger partial charge in [-0.25, -0.2) is 0 Å². The maximum Gasteiger partial charge on any atom is 0.229 e. The highest BCUT2D eigenvalue weighted by molar-refractivity contribution is 14.0. The van der Waals surface area contributed by atoms with Crippen LogP contribution in [0.1, 0.15) is 6.42 Å². The van der Waals surface area contributed by atoms with Gasteiger partial charge in [-0.05, 0) is 12.1 Å². The number of carbonyl (C=O) groups is 1. The summed E-state index contributed by atoms with van der Waals surface area (Å²) in [7, 11) is 3.28. The zero-order valence-corrected chi connectivity index (χ0v) is 15.5. The van der Waals surface area contributed by atoms with Gasteiger partial charge in [0.1, 0.15) is 5.75 Å². The molecule has 1 fully saturated rings. The molecule has 23 heavy (non-hydrogen) atoms. The maximum atomic E-state index is 12.2. The molecule has 0 aliphatic carbocycles. The van der Waals surface area contributed by atoms with Gasteiger partial charge in [-0.2, -0.15) is 0 Å². The molecule has 0 aromatic heterocycles. The fourth-order valence-electron chi connectivity index (χ4n) is 2.35. The summed E-state index contributed by atoms with van der Waals surface area (Å²) in [6.07, 6.45) is 5.63. The first-order chi connectivity index (χ1) is 10.7. The van der Waals surface area contributed by atoms with Gasteiger partial charge >= 0.3 is 0 Å². The van der Waals surface area contributed by atoms with Gasteiger partial charge in [0.2, 0.25) is 5.91 Å². The molecule has 0 saturated carbocycles. The minimum Gasteiger partial charge on any atom is -0.497 e. The Morgan fingerprint density at radius 1 is 1.57 bits per heavy atom. The minimum absolute atomic E-state index is 0. The number of guanidine groups is 1. The molecule has 2 rings (SSSR count). The van der Waals surface area contributed by atoms with Crippen LogP contribution in [0.3, 0.4) is 0 Å². The summed E-state index contributed by atoms with van der Waals surface area (Å²) in [6.45, 7) is 0.961. The van der Waals surface area contributed by atoms with Crippen molar-refractivity contribution < 1.29 is 9.53 Å². The van der Waals surface area contributed by atoms with E-state index in [9.17, 15) is 4.79 Å². The summed E-state index contributed by atoms with van der Waals surface area (Å²) < 4.78 is 5.20. The lowest BCUT2D eigenvalue weighted by molar-refractivity contribution is -0.117. The Morgan fingerprint density at radius 3 is 3.00 bits per heavy atom. The monoisotopic (exact) mass is 428 g/mol. The number of anilines is 1. The number of amides is 1. The summed E-state index contributed by atoms with van der Waals surface area (Å²) >= 11 is 0. The molecule has 1 aromatic carbocycles. The fraction of sp³-hybridized carbons (Fsp3) is 0.375. The Bertz CT molecular complexity index is 612. The molecule has 7 heteroatoms. The van der Waals surface area contributed by atoms with Crippen LogP contribution in [-0.2, 0) is 4.79 Å². The van der Waals surface area contributed by atoms with E-state index in [0.29, 0.717) is 25.5 Å². The van der Waals surface area contributed by atoms with E-state index in [1.807, 2.05) is 24.3 Å². The predicted octanol–water partition coefficient (Wildman–Crippen LogP) is 1.22. The van der Waals surface area contributed by atoms with Gasteiger partial charge in [-0.3, -0.25) is 9.79 Å². The Balaban J connectivity index is 0.00000264. The third-order valence-corrected chi connectivity index (χ3v) is 3.41. The highest BCUT2D eigenvalue weighted by atomic mass is 127. The highest BCUT2D eigenvalue weighted by Gasteiger charge is 2.31. The molecule has 1 amide bonds. The maximum absolute atomic E-state index is 12.2. The van der Waals surface area contributed by atoms with E-state index < -0.39 is 0 Å². The Labute approximate surface area is 153 Å². The van der Waals surface area contributed by atoms with E-state index in [4.69, 9.17) is 11.2 Å². The quantitative estimate of drug-likeness (QED) is 0.328. The Kier molecular flexibility index (Phi) is 7.68. The summed E-state index contributed by atoms with van der Waals surface area (Å²) in [5.41, 5.74) is 0.834. The third-order valence-electron chi connectivity index (χ3n) is 3.41. The summed E-state index contributed by atoms with van der Waals surface area (Å²) in [6, 6.07) is 7.46. The molecule has 0 bridgehead atoms. The molecule has 6 nitrogen and oxygen atoms in total. The van der Waals surface area contributed by atoms with E-state index in [0.717, 1.165) is 11.4 Å². The predicted molar refractivity (Wildman–Crippen MR) is 102 cm³/mol. The molecule has 1 atom stereocenters. The van der Waals surface area contributed by atoms with Gasteiger partial charge in [0.05, 0.1) is 19.7 Å². The zero-order valence-electron chi connectivity index (χ0n) is 13.2. The number of hydrogen-bond acceptors (Lipinski definition) is 3. The normalized spacial score (nSPS) is 17.3. The first kappa shape index (κ1) is 19.1. The van der Waals surface area contributed by atoms with Crippen LogP contribution in [0.25, 0.3) is 0 Å². The molecule has 1 aliphatic rings. The van der Waals surface area contributed by atoms with Crippen LogP contribution in [0.5, 0.6) is 5.75 Å². The number of carbonyl (C=O) groups excluding carboxylic acids is 1. The average Bonchev–Trinajstić information content (AvgIpc) is 2.92. The standard InChI is InChI=1S/C16H20N4O2.HI/c1-4-8-18-16(17-2)19-12-9-15(21)20(11-12)13-6-5-7-14(10-13)22-3;/h1,5-7,10,12H,8-9,11H2,2-3H3,(H2,17,18,19);1H. The molecule has 1 aliphatic heterocycles. The van der Waals surface area contributed by atoms with Crippen LogP contribution in [-0.4, -0.2) is 45.2 Å². The molecule has 2 N–H and O–H groups in total. The Hall–Kier alpha value is -1.95. The molecule has 1 aromatic rings. The van der Waals surface area contributed by atoms with Gasteiger partial charge in [-0.1, -0.05) is 12.0 Å². The molecule has 124 valence electrons. The average molecular weight is 428 g/mol. The van der Waals surface area contributed by atoms with E-state index in [2.05, 4.69) is 21.5 Å². The van der Waals surface area contributed by atoms with Crippen LogP contribution in [0.2, 0.25) is 0 Å². The van der Waals surface area contributed by atoms with Crippen molar-refractivity contribution in [3.63, 3.8) is 0 Å². The molecular formula is C16H21IN4O2. The van der Waals surface area contributed by atoms with Crippen molar-refractivity contribution in [1.29, 1.82) is 0 Å². The van der Waals surface area contributed by atoms with Crippen LogP contribution in [0.15, 0.2) is 29.3 Å². The topological polar surface area (TPSA) is 66.0 Å².